The maximum Gasteiger partial charge on any atom is 0.338 e. The number of nitrogens with one attached hydrogen (secondary N) is 1. The van der Waals surface area contributed by atoms with Crippen LogP contribution in [0.15, 0.2) is 45.0 Å². The fraction of sp³-hybridized carbons (Fsp3) is 0.312. The number of ether oxygens (including phenoxy) is 1. The monoisotopic (exact) mass is 412 g/mol. The molecule has 0 spiro atoms. The summed E-state index contributed by atoms with van der Waals surface area (Å²) in [6.07, 6.45) is 0. The van der Waals surface area contributed by atoms with Crippen LogP contribution < -0.4 is 5.32 Å². The van der Waals surface area contributed by atoms with E-state index in [1.54, 1.807) is 13.8 Å². The van der Waals surface area contributed by atoms with Crippen molar-refractivity contribution in [3.63, 3.8) is 0 Å². The van der Waals surface area contributed by atoms with Crippen molar-refractivity contribution < 1.29 is 19.4 Å². The van der Waals surface area contributed by atoms with Gasteiger partial charge in [0.2, 0.25) is 0 Å². The van der Waals surface area contributed by atoms with Crippen LogP contribution in [0.4, 0.5) is 0 Å². The third kappa shape index (κ3) is 4.61. The van der Waals surface area contributed by atoms with Crippen LogP contribution in [0.5, 0.6) is 0 Å². The average Bonchev–Trinajstić information content (AvgIpc) is 2.52. The summed E-state index contributed by atoms with van der Waals surface area (Å²) >= 11 is 4.50. The van der Waals surface area contributed by atoms with Crippen LogP contribution in [0, 0.1) is 0 Å². The van der Waals surface area contributed by atoms with Crippen molar-refractivity contribution in [2.45, 2.75) is 19.9 Å². The van der Waals surface area contributed by atoms with E-state index in [0.29, 0.717) is 16.4 Å². The number of carboxylic acids is 1. The second-order valence-electron chi connectivity index (χ2n) is 4.96. The summed E-state index contributed by atoms with van der Waals surface area (Å²) in [7, 11) is 0. The number of carbonyl (C=O) groups excluding carboxylic acids is 1. The van der Waals surface area contributed by atoms with Gasteiger partial charge in [0.05, 0.1) is 17.9 Å². The van der Waals surface area contributed by atoms with E-state index in [2.05, 4.69) is 26.2 Å². The number of carbonyl (C=O) groups is 2. The first-order valence-electron chi connectivity index (χ1n) is 7.25. The van der Waals surface area contributed by atoms with Gasteiger partial charge in [0, 0.05) is 10.2 Å². The van der Waals surface area contributed by atoms with Crippen molar-refractivity contribution in [1.29, 1.82) is 0 Å². The third-order valence-corrected chi connectivity index (χ3v) is 4.58. The average molecular weight is 413 g/mol. The minimum atomic E-state index is -0.929. The van der Waals surface area contributed by atoms with E-state index in [0.717, 1.165) is 21.8 Å². The largest absolute Gasteiger partial charge is 0.481 e. The van der Waals surface area contributed by atoms with Crippen LogP contribution in [0.3, 0.4) is 0 Å². The molecule has 0 bridgehead atoms. The normalized spacial score (nSPS) is 17.1. The molecule has 0 radical (unpaired) electrons. The third-order valence-electron chi connectivity index (χ3n) is 3.21. The number of hydrogen-bond donors (Lipinski definition) is 2. The van der Waals surface area contributed by atoms with Gasteiger partial charge in [-0.2, -0.15) is 0 Å². The smallest absolute Gasteiger partial charge is 0.338 e. The maximum absolute atomic E-state index is 12.3. The number of aliphatic imine (C=N–C) groups is 1. The Hall–Kier alpha value is -1.80. The zero-order chi connectivity index (χ0) is 17.7. The second kappa shape index (κ2) is 8.34. The molecule has 0 amide bonds. The molecule has 1 aliphatic heterocycles. The van der Waals surface area contributed by atoms with Crippen molar-refractivity contribution in [1.82, 2.24) is 5.32 Å². The van der Waals surface area contributed by atoms with Crippen LogP contribution in [0.25, 0.3) is 0 Å². The molecular weight excluding hydrogens is 396 g/mol. The molecule has 8 heteroatoms. The lowest BCUT2D eigenvalue weighted by molar-refractivity contribution is -0.139. The Bertz CT molecular complexity index is 718. The van der Waals surface area contributed by atoms with Gasteiger partial charge in [0.1, 0.15) is 6.04 Å². The second-order valence-corrected chi connectivity index (χ2v) is 6.84. The zero-order valence-corrected chi connectivity index (χ0v) is 15.6. The highest BCUT2D eigenvalue weighted by atomic mass is 79.9. The van der Waals surface area contributed by atoms with Gasteiger partial charge in [-0.25, -0.2) is 9.79 Å². The van der Waals surface area contributed by atoms with Crippen molar-refractivity contribution in [2.24, 2.45) is 4.99 Å². The van der Waals surface area contributed by atoms with E-state index in [4.69, 9.17) is 9.84 Å². The molecule has 2 N–H and O–H groups in total. The number of allylic oxidation sites excluding steroid dienone is 1. The Labute approximate surface area is 152 Å². The van der Waals surface area contributed by atoms with Gasteiger partial charge in [0.25, 0.3) is 0 Å². The highest BCUT2D eigenvalue weighted by Crippen LogP contribution is 2.33. The lowest BCUT2D eigenvalue weighted by Gasteiger charge is -2.25. The highest BCUT2D eigenvalue weighted by Gasteiger charge is 2.30. The fourth-order valence-corrected chi connectivity index (χ4v) is 3.32. The number of hydrogen-bond acceptors (Lipinski definition) is 6. The van der Waals surface area contributed by atoms with Crippen molar-refractivity contribution in [2.75, 3.05) is 12.4 Å². The molecule has 24 heavy (non-hydrogen) atoms. The Kier molecular flexibility index (Phi) is 6.44. The van der Waals surface area contributed by atoms with Gasteiger partial charge >= 0.3 is 11.9 Å². The SMILES string of the molecule is CCOC(=O)C1=C(C)NC(SCC(=O)O)=N[C@@H]1c1cccc(Br)c1. The summed E-state index contributed by atoms with van der Waals surface area (Å²) in [5.41, 5.74) is 1.86. The number of aliphatic carboxylic acids is 1. The highest BCUT2D eigenvalue weighted by molar-refractivity contribution is 9.10. The lowest BCUT2D eigenvalue weighted by atomic mass is 9.97. The van der Waals surface area contributed by atoms with Gasteiger partial charge in [-0.1, -0.05) is 39.8 Å². The van der Waals surface area contributed by atoms with Crippen LogP contribution in [-0.2, 0) is 14.3 Å². The number of halogens is 1. The van der Waals surface area contributed by atoms with Crippen LogP contribution >= 0.6 is 27.7 Å². The molecule has 1 aromatic carbocycles. The minimum Gasteiger partial charge on any atom is -0.481 e. The van der Waals surface area contributed by atoms with Crippen LogP contribution in [0.1, 0.15) is 25.5 Å². The maximum atomic E-state index is 12.3. The first-order chi connectivity index (χ1) is 11.4. The number of amidine groups is 1. The predicted octanol–water partition coefficient (Wildman–Crippen LogP) is 3.10. The van der Waals surface area contributed by atoms with E-state index in [-0.39, 0.29) is 12.4 Å². The fourth-order valence-electron chi connectivity index (χ4n) is 2.24. The Morgan fingerprint density at radius 2 is 2.21 bits per heavy atom. The molecule has 1 heterocycles. The quantitative estimate of drug-likeness (QED) is 0.722. The summed E-state index contributed by atoms with van der Waals surface area (Å²) < 4.78 is 6.02. The number of esters is 1. The van der Waals surface area contributed by atoms with E-state index in [9.17, 15) is 9.59 Å². The van der Waals surface area contributed by atoms with Gasteiger partial charge in [-0.3, -0.25) is 4.79 Å². The summed E-state index contributed by atoms with van der Waals surface area (Å²) in [4.78, 5) is 27.7. The van der Waals surface area contributed by atoms with E-state index in [1.165, 1.54) is 0 Å². The first-order valence-corrected chi connectivity index (χ1v) is 9.03. The summed E-state index contributed by atoms with van der Waals surface area (Å²) in [5, 5.41) is 12.3. The lowest BCUT2D eigenvalue weighted by Crippen LogP contribution is -2.31. The minimum absolute atomic E-state index is 0.112. The summed E-state index contributed by atoms with van der Waals surface area (Å²) in [5.74, 6) is -1.47. The van der Waals surface area contributed by atoms with E-state index >= 15 is 0 Å². The zero-order valence-electron chi connectivity index (χ0n) is 13.2. The molecule has 1 aromatic rings. The molecule has 0 fully saturated rings. The molecule has 0 aromatic heterocycles. The number of benzene rings is 1. The van der Waals surface area contributed by atoms with Gasteiger partial charge in [-0.15, -0.1) is 0 Å². The number of carboxylic acid groups (broad SMARTS) is 1. The summed E-state index contributed by atoms with van der Waals surface area (Å²) in [6, 6.07) is 6.95. The standard InChI is InChI=1S/C16H17BrN2O4S/c1-3-23-15(22)13-9(2)18-16(24-8-12(20)21)19-14(13)10-5-4-6-11(17)7-10/h4-7,14H,3,8H2,1-2H3,(H,18,19)(H,20,21)/t14-/m1/s1. The van der Waals surface area contributed by atoms with Gasteiger partial charge in [-0.05, 0) is 31.5 Å². The van der Waals surface area contributed by atoms with E-state index in [1.807, 2.05) is 24.3 Å². The van der Waals surface area contributed by atoms with Crippen molar-refractivity contribution in [3.05, 3.63) is 45.6 Å². The molecule has 128 valence electrons. The Morgan fingerprint density at radius 3 is 2.83 bits per heavy atom. The number of nitrogens with zero attached hydrogens (tertiary/aromatic N) is 1. The molecule has 0 saturated heterocycles. The van der Waals surface area contributed by atoms with E-state index < -0.39 is 18.0 Å². The Morgan fingerprint density at radius 1 is 1.46 bits per heavy atom. The van der Waals surface area contributed by atoms with Crippen molar-refractivity contribution in [3.8, 4) is 0 Å². The van der Waals surface area contributed by atoms with Crippen molar-refractivity contribution >= 4 is 44.8 Å². The molecule has 6 nitrogen and oxygen atoms in total. The van der Waals surface area contributed by atoms with Crippen LogP contribution in [-0.4, -0.2) is 34.6 Å². The molecular formula is C16H17BrN2O4S. The number of thioether (sulfide) groups is 1. The molecule has 0 saturated carbocycles. The molecule has 0 aliphatic carbocycles. The summed E-state index contributed by atoms with van der Waals surface area (Å²) in [6.45, 7) is 3.77. The van der Waals surface area contributed by atoms with Crippen LogP contribution in [0.2, 0.25) is 0 Å². The molecule has 2 rings (SSSR count). The molecule has 1 aliphatic rings. The first kappa shape index (κ1) is 18.5. The predicted molar refractivity (Wildman–Crippen MR) is 96.9 cm³/mol. The van der Waals surface area contributed by atoms with Gasteiger partial charge < -0.3 is 15.2 Å². The molecule has 1 atom stereocenters. The van der Waals surface area contributed by atoms with Gasteiger partial charge in [0.15, 0.2) is 5.17 Å². The topological polar surface area (TPSA) is 88.0 Å². The number of rotatable bonds is 5. The Balaban J connectivity index is 2.40. The molecule has 0 unspecified atom stereocenters.